The quantitative estimate of drug-likeness (QED) is 0.459. The average Bonchev–Trinajstić information content (AvgIpc) is 3.06. The number of amides is 3. The number of nitrogens with one attached hydrogen (secondary N) is 1. The van der Waals surface area contributed by atoms with E-state index in [-0.39, 0.29) is 5.56 Å². The molecule has 6 nitrogen and oxygen atoms in total. The first-order valence-electron chi connectivity index (χ1n) is 9.00. The number of imide groups is 1. The van der Waals surface area contributed by atoms with Crippen molar-refractivity contribution in [2.24, 2.45) is 0 Å². The molecule has 1 aromatic heterocycles. The van der Waals surface area contributed by atoms with E-state index in [0.29, 0.717) is 17.8 Å². The van der Waals surface area contributed by atoms with Crippen molar-refractivity contribution in [3.8, 4) is 0 Å². The lowest BCUT2D eigenvalue weighted by Gasteiger charge is -2.22. The molecule has 0 unspecified atom stereocenters. The SMILES string of the molecule is C=CCn1c(C)cc(C(=O)CN2C(=O)N[C@@](C)(c3cc(F)ccc3F)C2=O)c1C. The molecule has 1 aliphatic rings. The minimum Gasteiger partial charge on any atom is -0.345 e. The zero-order chi connectivity index (χ0) is 21.5. The van der Waals surface area contributed by atoms with E-state index < -0.39 is 41.4 Å². The van der Waals surface area contributed by atoms with E-state index in [1.165, 1.54) is 6.92 Å². The van der Waals surface area contributed by atoms with Gasteiger partial charge in [-0.25, -0.2) is 13.6 Å². The third-order valence-electron chi connectivity index (χ3n) is 5.23. The van der Waals surface area contributed by atoms with Gasteiger partial charge in [0.2, 0.25) is 0 Å². The number of hydrogen-bond donors (Lipinski definition) is 1. The van der Waals surface area contributed by atoms with Gasteiger partial charge in [-0.05, 0) is 45.0 Å². The molecule has 0 bridgehead atoms. The number of urea groups is 1. The summed E-state index contributed by atoms with van der Waals surface area (Å²) < 4.78 is 29.7. The molecule has 1 aromatic carbocycles. The molecule has 8 heteroatoms. The number of carbonyl (C=O) groups is 3. The van der Waals surface area contributed by atoms with Crippen LogP contribution in [0.2, 0.25) is 0 Å². The number of allylic oxidation sites excluding steroid dienone is 1. The van der Waals surface area contributed by atoms with Crippen molar-refractivity contribution in [2.75, 3.05) is 6.54 Å². The first-order chi connectivity index (χ1) is 13.6. The Hall–Kier alpha value is -3.29. The molecule has 1 N–H and O–H groups in total. The molecule has 0 spiro atoms. The van der Waals surface area contributed by atoms with Gasteiger partial charge in [0.15, 0.2) is 5.78 Å². The summed E-state index contributed by atoms with van der Waals surface area (Å²) >= 11 is 0. The predicted octanol–water partition coefficient (Wildman–Crippen LogP) is 3.22. The normalized spacial score (nSPS) is 18.9. The maximum Gasteiger partial charge on any atom is 0.325 e. The highest BCUT2D eigenvalue weighted by Gasteiger charge is 2.51. The second kappa shape index (κ2) is 7.27. The largest absolute Gasteiger partial charge is 0.345 e. The van der Waals surface area contributed by atoms with Gasteiger partial charge < -0.3 is 9.88 Å². The molecule has 152 valence electrons. The van der Waals surface area contributed by atoms with Crippen molar-refractivity contribution >= 4 is 17.7 Å². The maximum atomic E-state index is 14.2. The summed E-state index contributed by atoms with van der Waals surface area (Å²) in [7, 11) is 0. The Balaban J connectivity index is 1.89. The lowest BCUT2D eigenvalue weighted by atomic mass is 9.91. The third-order valence-corrected chi connectivity index (χ3v) is 5.23. The Labute approximate surface area is 166 Å². The van der Waals surface area contributed by atoms with Crippen LogP contribution < -0.4 is 5.32 Å². The van der Waals surface area contributed by atoms with Crippen LogP contribution in [0.3, 0.4) is 0 Å². The summed E-state index contributed by atoms with van der Waals surface area (Å²) in [4.78, 5) is 38.8. The third kappa shape index (κ3) is 3.35. The van der Waals surface area contributed by atoms with Crippen LogP contribution in [0.5, 0.6) is 0 Å². The van der Waals surface area contributed by atoms with Crippen LogP contribution in [0.25, 0.3) is 0 Å². The van der Waals surface area contributed by atoms with Gasteiger partial charge in [-0.3, -0.25) is 14.5 Å². The molecule has 3 rings (SSSR count). The topological polar surface area (TPSA) is 71.4 Å². The van der Waals surface area contributed by atoms with E-state index in [9.17, 15) is 23.2 Å². The smallest absolute Gasteiger partial charge is 0.325 e. The highest BCUT2D eigenvalue weighted by atomic mass is 19.1. The number of nitrogens with zero attached hydrogens (tertiary/aromatic N) is 2. The Morgan fingerprint density at radius 2 is 1.93 bits per heavy atom. The number of rotatable bonds is 6. The van der Waals surface area contributed by atoms with E-state index in [2.05, 4.69) is 11.9 Å². The molecule has 0 saturated carbocycles. The molecule has 0 aliphatic carbocycles. The van der Waals surface area contributed by atoms with Gasteiger partial charge in [0, 0.05) is 29.1 Å². The monoisotopic (exact) mass is 401 g/mol. The lowest BCUT2D eigenvalue weighted by molar-refractivity contribution is -0.130. The Morgan fingerprint density at radius 3 is 2.59 bits per heavy atom. The number of carbonyl (C=O) groups excluding carboxylic acids is 3. The van der Waals surface area contributed by atoms with Gasteiger partial charge in [0.05, 0.1) is 6.54 Å². The molecule has 29 heavy (non-hydrogen) atoms. The number of halogens is 2. The Kier molecular flexibility index (Phi) is 5.13. The minimum atomic E-state index is -1.80. The number of benzene rings is 1. The van der Waals surface area contributed by atoms with Crippen LogP contribution in [-0.4, -0.2) is 33.7 Å². The van der Waals surface area contributed by atoms with E-state index in [4.69, 9.17) is 0 Å². The molecule has 1 atom stereocenters. The van der Waals surface area contributed by atoms with Crippen LogP contribution in [0, 0.1) is 25.5 Å². The minimum absolute atomic E-state index is 0.296. The van der Waals surface area contributed by atoms with Crippen molar-refractivity contribution in [3.05, 3.63) is 71.1 Å². The zero-order valence-electron chi connectivity index (χ0n) is 16.4. The average molecular weight is 401 g/mol. The first-order valence-corrected chi connectivity index (χ1v) is 9.00. The van der Waals surface area contributed by atoms with Crippen molar-refractivity contribution in [2.45, 2.75) is 32.9 Å². The second-order valence-electron chi connectivity index (χ2n) is 7.18. The van der Waals surface area contributed by atoms with Crippen molar-refractivity contribution in [1.29, 1.82) is 0 Å². The molecule has 3 amide bonds. The lowest BCUT2D eigenvalue weighted by Crippen LogP contribution is -2.42. The van der Waals surface area contributed by atoms with Gasteiger partial charge in [0.1, 0.15) is 17.2 Å². The van der Waals surface area contributed by atoms with Gasteiger partial charge in [0.25, 0.3) is 5.91 Å². The number of hydrogen-bond acceptors (Lipinski definition) is 3. The summed E-state index contributed by atoms with van der Waals surface area (Å²) in [5.41, 5.74) is -0.179. The van der Waals surface area contributed by atoms with Crippen LogP contribution in [0.4, 0.5) is 13.6 Å². The molecule has 2 heterocycles. The summed E-state index contributed by atoms with van der Waals surface area (Å²) in [6.07, 6.45) is 1.70. The van der Waals surface area contributed by atoms with E-state index >= 15 is 0 Å². The van der Waals surface area contributed by atoms with Crippen LogP contribution in [0.1, 0.15) is 34.2 Å². The van der Waals surface area contributed by atoms with Crippen molar-refractivity contribution in [1.82, 2.24) is 14.8 Å². The van der Waals surface area contributed by atoms with E-state index in [1.807, 2.05) is 11.5 Å². The van der Waals surface area contributed by atoms with Crippen molar-refractivity contribution < 1.29 is 23.2 Å². The maximum absolute atomic E-state index is 14.2. The number of aromatic nitrogens is 1. The standard InChI is InChI=1S/C21H21F2N3O3/c1-5-8-25-12(2)9-15(13(25)3)18(27)11-26-19(28)21(4,24-20(26)29)16-10-14(22)6-7-17(16)23/h5-7,9-10H,1,8,11H2,2-4H3,(H,24,29)/t21-/m0/s1. The molecule has 1 fully saturated rings. The highest BCUT2D eigenvalue weighted by Crippen LogP contribution is 2.31. The summed E-state index contributed by atoms with van der Waals surface area (Å²) in [5.74, 6) is -2.82. The highest BCUT2D eigenvalue weighted by molar-refractivity contribution is 6.11. The predicted molar refractivity (Wildman–Crippen MR) is 102 cm³/mol. The molecule has 0 radical (unpaired) electrons. The molecular weight excluding hydrogens is 380 g/mol. The van der Waals surface area contributed by atoms with Gasteiger partial charge in [-0.15, -0.1) is 6.58 Å². The molecule has 2 aromatic rings. The van der Waals surface area contributed by atoms with Crippen molar-refractivity contribution in [3.63, 3.8) is 0 Å². The van der Waals surface area contributed by atoms with Crippen LogP contribution >= 0.6 is 0 Å². The summed E-state index contributed by atoms with van der Waals surface area (Å²) in [5, 5.41) is 2.38. The Morgan fingerprint density at radius 1 is 1.24 bits per heavy atom. The summed E-state index contributed by atoms with van der Waals surface area (Å²) in [6, 6.07) is 3.52. The number of Topliss-reactive ketones (excluding diaryl/α,β-unsaturated/α-hetero) is 1. The van der Waals surface area contributed by atoms with Gasteiger partial charge in [-0.1, -0.05) is 6.08 Å². The van der Waals surface area contributed by atoms with Gasteiger partial charge >= 0.3 is 6.03 Å². The fourth-order valence-corrected chi connectivity index (χ4v) is 3.63. The van der Waals surface area contributed by atoms with Crippen LogP contribution in [0.15, 0.2) is 36.9 Å². The fourth-order valence-electron chi connectivity index (χ4n) is 3.63. The molecular formula is C21H21F2N3O3. The first kappa shape index (κ1) is 20.4. The van der Waals surface area contributed by atoms with Gasteiger partial charge in [-0.2, -0.15) is 0 Å². The molecule has 1 saturated heterocycles. The zero-order valence-corrected chi connectivity index (χ0v) is 16.4. The number of aryl methyl sites for hydroxylation is 1. The van der Waals surface area contributed by atoms with E-state index in [1.54, 1.807) is 19.1 Å². The molecule has 1 aliphatic heterocycles. The Bertz CT molecular complexity index is 1040. The van der Waals surface area contributed by atoms with Crippen LogP contribution in [-0.2, 0) is 16.9 Å². The van der Waals surface area contributed by atoms with E-state index in [0.717, 1.165) is 28.8 Å². The fraction of sp³-hybridized carbons (Fsp3) is 0.286. The second-order valence-corrected chi connectivity index (χ2v) is 7.18. The summed E-state index contributed by atoms with van der Waals surface area (Å²) in [6.45, 7) is 8.59. The number of ketones is 1.